The average molecular weight is 404 g/mol. The van der Waals surface area contributed by atoms with E-state index in [0.717, 1.165) is 16.8 Å². The maximum absolute atomic E-state index is 13.1. The molecular formula is C22H17FN4O3. The Kier molecular flexibility index (Phi) is 4.31. The van der Waals surface area contributed by atoms with Crippen LogP contribution in [0.1, 0.15) is 28.9 Å². The van der Waals surface area contributed by atoms with Crippen molar-refractivity contribution in [3.8, 4) is 22.8 Å². The first kappa shape index (κ1) is 18.1. The summed E-state index contributed by atoms with van der Waals surface area (Å²) in [7, 11) is 0. The molecule has 7 nitrogen and oxygen atoms in total. The van der Waals surface area contributed by atoms with Gasteiger partial charge in [0, 0.05) is 11.8 Å². The molecule has 30 heavy (non-hydrogen) atoms. The Balaban J connectivity index is 1.46. The van der Waals surface area contributed by atoms with Crippen LogP contribution in [0.4, 0.5) is 4.39 Å². The lowest BCUT2D eigenvalue weighted by Gasteiger charge is -2.13. The van der Waals surface area contributed by atoms with E-state index in [0.29, 0.717) is 22.7 Å². The van der Waals surface area contributed by atoms with Crippen LogP contribution in [-0.4, -0.2) is 27.3 Å². The van der Waals surface area contributed by atoms with E-state index in [-0.39, 0.29) is 24.6 Å². The van der Waals surface area contributed by atoms with Gasteiger partial charge in [-0.3, -0.25) is 4.79 Å². The lowest BCUT2D eigenvalue weighted by Crippen LogP contribution is -2.26. The van der Waals surface area contributed by atoms with E-state index >= 15 is 0 Å². The van der Waals surface area contributed by atoms with Crippen LogP contribution in [0.3, 0.4) is 0 Å². The Bertz CT molecular complexity index is 1250. The molecule has 0 bridgehead atoms. The fraction of sp³-hybridized carbons (Fsp3) is 0.136. The fourth-order valence-corrected chi connectivity index (χ4v) is 3.44. The molecule has 0 radical (unpaired) electrons. The molecule has 0 fully saturated rings. The van der Waals surface area contributed by atoms with Crippen molar-refractivity contribution in [3.05, 3.63) is 77.9 Å². The largest absolute Gasteiger partial charge is 0.454 e. The van der Waals surface area contributed by atoms with Gasteiger partial charge in [-0.2, -0.15) is 5.10 Å². The molecule has 1 N–H and O–H groups in total. The third-order valence-electron chi connectivity index (χ3n) is 5.03. The van der Waals surface area contributed by atoms with Gasteiger partial charge in [0.1, 0.15) is 11.4 Å². The molecule has 3 heterocycles. The standard InChI is InChI=1S/C22H17FN4O3/c1-13(14-2-5-16(23)6-3-14)26-22(28)17-11-25-27-18(8-9-24-21(17)27)15-4-7-19-20(10-15)30-12-29-19/h2-11,13H,12H2,1H3,(H,26,28)/t13-/m1/s1. The van der Waals surface area contributed by atoms with Crippen molar-refractivity contribution in [1.29, 1.82) is 0 Å². The van der Waals surface area contributed by atoms with Crippen LogP contribution in [0.25, 0.3) is 16.9 Å². The van der Waals surface area contributed by atoms with Crippen molar-refractivity contribution in [2.45, 2.75) is 13.0 Å². The molecule has 2 aromatic heterocycles. The monoisotopic (exact) mass is 404 g/mol. The highest BCUT2D eigenvalue weighted by atomic mass is 19.1. The number of benzene rings is 2. The van der Waals surface area contributed by atoms with Gasteiger partial charge in [-0.25, -0.2) is 13.9 Å². The van der Waals surface area contributed by atoms with E-state index in [4.69, 9.17) is 9.47 Å². The van der Waals surface area contributed by atoms with E-state index in [1.807, 2.05) is 31.2 Å². The third-order valence-corrected chi connectivity index (χ3v) is 5.03. The van der Waals surface area contributed by atoms with E-state index in [1.165, 1.54) is 18.3 Å². The molecule has 0 saturated heterocycles. The number of hydrogen-bond donors (Lipinski definition) is 1. The molecule has 1 atom stereocenters. The fourth-order valence-electron chi connectivity index (χ4n) is 3.44. The Labute approximate surface area is 171 Å². The van der Waals surface area contributed by atoms with Gasteiger partial charge in [0.2, 0.25) is 6.79 Å². The molecule has 0 spiro atoms. The number of ether oxygens (including phenoxy) is 2. The molecule has 0 aliphatic carbocycles. The first-order valence-corrected chi connectivity index (χ1v) is 9.39. The molecule has 8 heteroatoms. The summed E-state index contributed by atoms with van der Waals surface area (Å²) in [5.41, 5.74) is 3.22. The van der Waals surface area contributed by atoms with E-state index in [9.17, 15) is 9.18 Å². The van der Waals surface area contributed by atoms with Gasteiger partial charge in [0.15, 0.2) is 17.1 Å². The van der Waals surface area contributed by atoms with Crippen molar-refractivity contribution in [1.82, 2.24) is 19.9 Å². The second-order valence-corrected chi connectivity index (χ2v) is 6.94. The van der Waals surface area contributed by atoms with Crippen LogP contribution < -0.4 is 14.8 Å². The van der Waals surface area contributed by atoms with Crippen LogP contribution in [0.15, 0.2) is 60.9 Å². The third kappa shape index (κ3) is 3.12. The zero-order valence-corrected chi connectivity index (χ0v) is 16.0. The molecule has 5 rings (SSSR count). The summed E-state index contributed by atoms with van der Waals surface area (Å²) < 4.78 is 25.6. The zero-order chi connectivity index (χ0) is 20.7. The summed E-state index contributed by atoms with van der Waals surface area (Å²) in [6.45, 7) is 2.03. The summed E-state index contributed by atoms with van der Waals surface area (Å²) in [4.78, 5) is 17.2. The first-order chi connectivity index (χ1) is 14.6. The number of nitrogens with zero attached hydrogens (tertiary/aromatic N) is 3. The number of carbonyl (C=O) groups is 1. The smallest absolute Gasteiger partial charge is 0.257 e. The number of amides is 1. The normalized spacial score (nSPS) is 13.4. The Morgan fingerprint density at radius 3 is 2.77 bits per heavy atom. The summed E-state index contributed by atoms with van der Waals surface area (Å²) in [6.07, 6.45) is 3.13. The number of rotatable bonds is 4. The van der Waals surface area contributed by atoms with Gasteiger partial charge < -0.3 is 14.8 Å². The zero-order valence-electron chi connectivity index (χ0n) is 16.0. The molecule has 150 valence electrons. The topological polar surface area (TPSA) is 77.8 Å². The second-order valence-electron chi connectivity index (χ2n) is 6.94. The number of aromatic nitrogens is 3. The minimum absolute atomic E-state index is 0.197. The molecule has 0 unspecified atom stereocenters. The number of hydrogen-bond acceptors (Lipinski definition) is 5. The lowest BCUT2D eigenvalue weighted by atomic mass is 10.1. The Morgan fingerprint density at radius 1 is 1.13 bits per heavy atom. The highest BCUT2D eigenvalue weighted by Gasteiger charge is 2.20. The van der Waals surface area contributed by atoms with E-state index in [2.05, 4.69) is 15.4 Å². The Hall–Kier alpha value is -3.94. The maximum atomic E-state index is 13.1. The summed E-state index contributed by atoms with van der Waals surface area (Å²) in [5.74, 6) is 0.729. The summed E-state index contributed by atoms with van der Waals surface area (Å²) in [6, 6.07) is 13.2. The van der Waals surface area contributed by atoms with Crippen molar-refractivity contribution < 1.29 is 18.7 Å². The number of fused-ring (bicyclic) bond motifs is 2. The Morgan fingerprint density at radius 2 is 1.93 bits per heavy atom. The summed E-state index contributed by atoms with van der Waals surface area (Å²) in [5, 5.41) is 7.29. The van der Waals surface area contributed by atoms with E-state index in [1.54, 1.807) is 22.8 Å². The van der Waals surface area contributed by atoms with Gasteiger partial charge in [-0.1, -0.05) is 12.1 Å². The minimum atomic E-state index is -0.319. The predicted octanol–water partition coefficient (Wildman–Crippen LogP) is 3.76. The predicted molar refractivity (Wildman–Crippen MR) is 107 cm³/mol. The quantitative estimate of drug-likeness (QED) is 0.561. The van der Waals surface area contributed by atoms with Crippen LogP contribution >= 0.6 is 0 Å². The molecule has 4 aromatic rings. The molecule has 1 aliphatic rings. The number of halogens is 1. The SMILES string of the molecule is C[C@@H](NC(=O)c1cnn2c(-c3ccc4c(c3)OCO4)ccnc12)c1ccc(F)cc1. The minimum Gasteiger partial charge on any atom is -0.454 e. The lowest BCUT2D eigenvalue weighted by molar-refractivity contribution is 0.0941. The highest BCUT2D eigenvalue weighted by Crippen LogP contribution is 2.35. The highest BCUT2D eigenvalue weighted by molar-refractivity contribution is 6.00. The molecule has 1 aliphatic heterocycles. The van der Waals surface area contributed by atoms with Gasteiger partial charge in [0.25, 0.3) is 5.91 Å². The van der Waals surface area contributed by atoms with Gasteiger partial charge in [-0.05, 0) is 48.9 Å². The van der Waals surface area contributed by atoms with Gasteiger partial charge >= 0.3 is 0 Å². The van der Waals surface area contributed by atoms with Crippen molar-refractivity contribution in [2.75, 3.05) is 6.79 Å². The molecule has 1 amide bonds. The molecular weight excluding hydrogens is 387 g/mol. The van der Waals surface area contributed by atoms with Crippen LogP contribution in [0.5, 0.6) is 11.5 Å². The average Bonchev–Trinajstić information content (AvgIpc) is 3.40. The summed E-state index contributed by atoms with van der Waals surface area (Å²) >= 11 is 0. The number of carbonyl (C=O) groups excluding carboxylic acids is 1. The van der Waals surface area contributed by atoms with Crippen LogP contribution in [0.2, 0.25) is 0 Å². The van der Waals surface area contributed by atoms with Crippen molar-refractivity contribution >= 4 is 11.6 Å². The van der Waals surface area contributed by atoms with Gasteiger partial charge in [0.05, 0.1) is 17.9 Å². The second kappa shape index (κ2) is 7.14. The molecule has 2 aromatic carbocycles. The number of nitrogens with one attached hydrogen (secondary N) is 1. The van der Waals surface area contributed by atoms with Crippen LogP contribution in [-0.2, 0) is 0 Å². The van der Waals surface area contributed by atoms with Crippen molar-refractivity contribution in [3.63, 3.8) is 0 Å². The van der Waals surface area contributed by atoms with Crippen molar-refractivity contribution in [2.24, 2.45) is 0 Å². The maximum Gasteiger partial charge on any atom is 0.257 e. The van der Waals surface area contributed by atoms with Gasteiger partial charge in [-0.15, -0.1) is 0 Å². The molecule has 0 saturated carbocycles. The van der Waals surface area contributed by atoms with E-state index < -0.39 is 0 Å². The van der Waals surface area contributed by atoms with Crippen LogP contribution in [0, 0.1) is 5.82 Å². The first-order valence-electron chi connectivity index (χ1n) is 9.39.